The number of carbonyl (C=O) groups is 1. The Labute approximate surface area is 170 Å². The molecule has 1 aromatic carbocycles. The van der Waals surface area contributed by atoms with Gasteiger partial charge in [0.1, 0.15) is 11.4 Å². The first-order chi connectivity index (χ1) is 13.4. The van der Waals surface area contributed by atoms with Crippen LogP contribution in [-0.2, 0) is 14.8 Å². The molecular weight excluding hydrogens is 398 g/mol. The smallest absolute Gasteiger partial charge is 0.253 e. The minimum absolute atomic E-state index is 0.0509. The monoisotopic (exact) mass is 421 g/mol. The number of hydrogen-bond acceptors (Lipinski definition) is 4. The molecular formula is C20H24ClN3O3S. The fraction of sp³-hybridized carbons (Fsp3) is 0.600. The summed E-state index contributed by atoms with van der Waals surface area (Å²) in [6, 6.07) is 6.31. The zero-order valence-corrected chi connectivity index (χ0v) is 17.2. The van der Waals surface area contributed by atoms with E-state index >= 15 is 0 Å². The van der Waals surface area contributed by atoms with E-state index < -0.39 is 15.6 Å². The number of halogens is 1. The third kappa shape index (κ3) is 2.90. The summed E-state index contributed by atoms with van der Waals surface area (Å²) in [7, 11) is -3.62. The summed E-state index contributed by atoms with van der Waals surface area (Å²) in [6.07, 6.45) is 5.78. The zero-order chi connectivity index (χ0) is 19.5. The molecule has 150 valence electrons. The van der Waals surface area contributed by atoms with E-state index in [-0.39, 0.29) is 23.9 Å². The van der Waals surface area contributed by atoms with Crippen molar-refractivity contribution in [1.29, 1.82) is 0 Å². The van der Waals surface area contributed by atoms with E-state index in [1.807, 2.05) is 0 Å². The van der Waals surface area contributed by atoms with Gasteiger partial charge in [-0.15, -0.1) is 0 Å². The molecule has 3 unspecified atom stereocenters. The first-order valence-electron chi connectivity index (χ1n) is 10.0. The van der Waals surface area contributed by atoms with Crippen LogP contribution in [0.1, 0.15) is 38.5 Å². The summed E-state index contributed by atoms with van der Waals surface area (Å²) in [5.74, 6) is 2.64. The number of sulfonamides is 1. The summed E-state index contributed by atoms with van der Waals surface area (Å²) in [4.78, 5) is 17.9. The molecule has 2 saturated carbocycles. The number of nitrogens with zero attached hydrogens (tertiary/aromatic N) is 2. The Kier molecular flexibility index (Phi) is 4.34. The molecule has 6 nitrogen and oxygen atoms in total. The van der Waals surface area contributed by atoms with Crippen molar-refractivity contribution in [2.24, 2.45) is 22.7 Å². The number of aliphatic imine (C=N–C) groups is 1. The van der Waals surface area contributed by atoms with E-state index in [9.17, 15) is 13.2 Å². The van der Waals surface area contributed by atoms with Crippen LogP contribution in [0.2, 0.25) is 5.02 Å². The van der Waals surface area contributed by atoms with Crippen molar-refractivity contribution in [3.05, 3.63) is 29.3 Å². The predicted molar refractivity (Wildman–Crippen MR) is 107 cm³/mol. The number of hydrogen-bond donors (Lipinski definition) is 1. The van der Waals surface area contributed by atoms with Crippen LogP contribution in [0.3, 0.4) is 0 Å². The number of fused-ring (bicyclic) bond motifs is 2. The normalized spacial score (nSPS) is 32.0. The molecule has 2 bridgehead atoms. The lowest BCUT2D eigenvalue weighted by Crippen LogP contribution is -2.50. The summed E-state index contributed by atoms with van der Waals surface area (Å²) in [5.41, 5.74) is -0.794. The molecule has 2 aliphatic carbocycles. The Morgan fingerprint density at radius 1 is 1.18 bits per heavy atom. The van der Waals surface area contributed by atoms with Crippen molar-refractivity contribution in [3.63, 3.8) is 0 Å². The van der Waals surface area contributed by atoms with Crippen molar-refractivity contribution in [1.82, 2.24) is 9.62 Å². The number of piperidine rings is 1. The van der Waals surface area contributed by atoms with E-state index in [4.69, 9.17) is 16.6 Å². The van der Waals surface area contributed by atoms with Crippen LogP contribution in [0, 0.1) is 17.8 Å². The highest BCUT2D eigenvalue weighted by Gasteiger charge is 2.51. The summed E-state index contributed by atoms with van der Waals surface area (Å²) < 4.78 is 27.3. The van der Waals surface area contributed by atoms with Gasteiger partial charge in [-0.25, -0.2) is 8.42 Å². The van der Waals surface area contributed by atoms with Gasteiger partial charge < -0.3 is 5.32 Å². The van der Waals surface area contributed by atoms with Crippen LogP contribution in [0.4, 0.5) is 0 Å². The topological polar surface area (TPSA) is 78.8 Å². The molecule has 3 atom stereocenters. The Morgan fingerprint density at radius 3 is 2.61 bits per heavy atom. The molecule has 28 heavy (non-hydrogen) atoms. The van der Waals surface area contributed by atoms with Gasteiger partial charge in [0.05, 0.1) is 4.90 Å². The molecule has 1 saturated heterocycles. The minimum Gasteiger partial charge on any atom is -0.312 e. The van der Waals surface area contributed by atoms with Crippen LogP contribution in [0.15, 0.2) is 34.2 Å². The highest BCUT2D eigenvalue weighted by Crippen LogP contribution is 2.49. The highest BCUT2D eigenvalue weighted by atomic mass is 35.5. The Morgan fingerprint density at radius 2 is 1.96 bits per heavy atom. The Bertz CT molecular complexity index is 953. The second-order valence-electron chi connectivity index (χ2n) is 8.63. The van der Waals surface area contributed by atoms with Crippen LogP contribution in [-0.4, -0.2) is 43.1 Å². The standard InChI is InChI=1S/C20H24ClN3O3S/c21-15-2-1-3-16(12-15)28(26,27)24-8-6-20(7-9-24)19(25)22-18(23-20)17-11-13-4-5-14(17)10-13/h1-3,12-14,17H,4-11H2,(H,22,23,25). The second-order valence-corrected chi connectivity index (χ2v) is 11.0. The van der Waals surface area contributed by atoms with Crippen molar-refractivity contribution in [2.75, 3.05) is 13.1 Å². The van der Waals surface area contributed by atoms with Crippen LogP contribution in [0.25, 0.3) is 0 Å². The maximum atomic E-state index is 12.9. The third-order valence-corrected chi connectivity index (χ3v) is 9.20. The number of amidine groups is 1. The molecule has 1 amide bonds. The predicted octanol–water partition coefficient (Wildman–Crippen LogP) is 2.83. The highest BCUT2D eigenvalue weighted by molar-refractivity contribution is 7.89. The quantitative estimate of drug-likeness (QED) is 0.815. The van der Waals surface area contributed by atoms with Gasteiger partial charge in [-0.1, -0.05) is 24.1 Å². The number of carbonyl (C=O) groups excluding carboxylic acids is 1. The molecule has 3 fully saturated rings. The zero-order valence-electron chi connectivity index (χ0n) is 15.6. The van der Waals surface area contributed by atoms with Crippen LogP contribution >= 0.6 is 11.6 Å². The van der Waals surface area contributed by atoms with Gasteiger partial charge in [0.2, 0.25) is 10.0 Å². The molecule has 2 heterocycles. The lowest BCUT2D eigenvalue weighted by molar-refractivity contribution is -0.125. The number of rotatable bonds is 3. The number of nitrogens with one attached hydrogen (secondary N) is 1. The Balaban J connectivity index is 1.33. The second kappa shape index (κ2) is 6.54. The van der Waals surface area contributed by atoms with Crippen molar-refractivity contribution in [3.8, 4) is 0 Å². The molecule has 0 aromatic heterocycles. The van der Waals surface area contributed by atoms with Gasteiger partial charge in [0.15, 0.2) is 0 Å². The third-order valence-electron chi connectivity index (χ3n) is 7.07. The van der Waals surface area contributed by atoms with Gasteiger partial charge >= 0.3 is 0 Å². The molecule has 1 aromatic rings. The van der Waals surface area contributed by atoms with Crippen LogP contribution < -0.4 is 5.32 Å². The van der Waals surface area contributed by atoms with Crippen molar-refractivity contribution >= 4 is 33.4 Å². The van der Waals surface area contributed by atoms with Gasteiger partial charge in [0, 0.05) is 24.0 Å². The Hall–Kier alpha value is -1.44. The largest absolute Gasteiger partial charge is 0.312 e. The van der Waals surface area contributed by atoms with E-state index in [1.165, 1.54) is 29.6 Å². The number of benzene rings is 1. The van der Waals surface area contributed by atoms with Gasteiger partial charge in [-0.3, -0.25) is 9.79 Å². The van der Waals surface area contributed by atoms with Crippen molar-refractivity contribution < 1.29 is 13.2 Å². The van der Waals surface area contributed by atoms with E-state index in [2.05, 4.69) is 5.32 Å². The van der Waals surface area contributed by atoms with Gasteiger partial charge in [-0.2, -0.15) is 4.31 Å². The average Bonchev–Trinajstić information content (AvgIpc) is 3.38. The maximum Gasteiger partial charge on any atom is 0.253 e. The molecule has 5 rings (SSSR count). The maximum absolute atomic E-state index is 12.9. The number of amides is 1. The van der Waals surface area contributed by atoms with E-state index in [0.29, 0.717) is 29.7 Å². The molecule has 2 aliphatic heterocycles. The molecule has 8 heteroatoms. The average molecular weight is 422 g/mol. The molecule has 0 radical (unpaired) electrons. The lowest BCUT2D eigenvalue weighted by atomic mass is 9.87. The van der Waals surface area contributed by atoms with E-state index in [0.717, 1.165) is 18.2 Å². The lowest BCUT2D eigenvalue weighted by Gasteiger charge is -2.34. The summed E-state index contributed by atoms with van der Waals surface area (Å²) >= 11 is 5.96. The fourth-order valence-corrected chi connectivity index (χ4v) is 7.25. The van der Waals surface area contributed by atoms with Gasteiger partial charge in [0.25, 0.3) is 5.91 Å². The van der Waals surface area contributed by atoms with Crippen molar-refractivity contribution in [2.45, 2.75) is 49.0 Å². The summed E-state index contributed by atoms with van der Waals surface area (Å²) in [6.45, 7) is 0.575. The first-order valence-corrected chi connectivity index (χ1v) is 11.9. The molecule has 1 spiro atoms. The minimum atomic E-state index is -3.62. The SMILES string of the molecule is O=C1NC(C2CC3CCC2C3)=NC12CCN(S(=O)(=O)c1cccc(Cl)c1)CC2. The van der Waals surface area contributed by atoms with Crippen LogP contribution in [0.5, 0.6) is 0 Å². The van der Waals surface area contributed by atoms with E-state index in [1.54, 1.807) is 18.2 Å². The van der Waals surface area contributed by atoms with Gasteiger partial charge in [-0.05, 0) is 62.1 Å². The molecule has 1 N–H and O–H groups in total. The fourth-order valence-electron chi connectivity index (χ4n) is 5.51. The summed E-state index contributed by atoms with van der Waals surface area (Å²) in [5, 5.41) is 3.45. The first kappa shape index (κ1) is 18.6. The molecule has 4 aliphatic rings.